The second kappa shape index (κ2) is 7.08. The molecule has 2 rings (SSSR count). The van der Waals surface area contributed by atoms with Crippen molar-refractivity contribution in [3.05, 3.63) is 29.8 Å². The molecule has 134 valence electrons. The SMILES string of the molecule is CC(NS(=O)(=O)c1ccccc1C(F)(F)F)C(=O)N1CCNCC1. The Morgan fingerprint density at radius 2 is 1.83 bits per heavy atom. The topological polar surface area (TPSA) is 78.5 Å². The molecule has 24 heavy (non-hydrogen) atoms. The molecule has 1 unspecified atom stereocenters. The molecule has 2 N–H and O–H groups in total. The summed E-state index contributed by atoms with van der Waals surface area (Å²) in [6, 6.07) is 2.71. The van der Waals surface area contributed by atoms with Gasteiger partial charge in [-0.25, -0.2) is 8.42 Å². The zero-order valence-electron chi connectivity index (χ0n) is 12.9. The summed E-state index contributed by atoms with van der Waals surface area (Å²) in [5, 5.41) is 3.05. The van der Waals surface area contributed by atoms with Gasteiger partial charge in [-0.1, -0.05) is 12.1 Å². The molecule has 0 radical (unpaired) electrons. The molecule has 1 aliphatic heterocycles. The van der Waals surface area contributed by atoms with Gasteiger partial charge in [-0.3, -0.25) is 4.79 Å². The number of nitrogens with zero attached hydrogens (tertiary/aromatic N) is 1. The zero-order valence-corrected chi connectivity index (χ0v) is 13.7. The van der Waals surface area contributed by atoms with Crippen LogP contribution < -0.4 is 10.0 Å². The lowest BCUT2D eigenvalue weighted by atomic mass is 10.2. The number of rotatable bonds is 4. The fraction of sp³-hybridized carbons (Fsp3) is 0.500. The molecule has 1 aliphatic rings. The van der Waals surface area contributed by atoms with Crippen LogP contribution >= 0.6 is 0 Å². The van der Waals surface area contributed by atoms with Crippen LogP contribution in [0.3, 0.4) is 0 Å². The molecule has 0 aliphatic carbocycles. The van der Waals surface area contributed by atoms with E-state index in [2.05, 4.69) is 5.32 Å². The highest BCUT2D eigenvalue weighted by atomic mass is 32.2. The highest BCUT2D eigenvalue weighted by molar-refractivity contribution is 7.89. The van der Waals surface area contributed by atoms with Gasteiger partial charge in [-0.15, -0.1) is 0 Å². The molecule has 1 aromatic rings. The van der Waals surface area contributed by atoms with Gasteiger partial charge in [-0.2, -0.15) is 17.9 Å². The van der Waals surface area contributed by atoms with E-state index in [-0.39, 0.29) is 0 Å². The van der Waals surface area contributed by atoms with E-state index in [0.717, 1.165) is 12.1 Å². The van der Waals surface area contributed by atoms with Crippen LogP contribution in [0, 0.1) is 0 Å². The van der Waals surface area contributed by atoms with Gasteiger partial charge < -0.3 is 10.2 Å². The monoisotopic (exact) mass is 365 g/mol. The predicted octanol–water partition coefficient (Wildman–Crippen LogP) is 0.804. The third-order valence-electron chi connectivity index (χ3n) is 3.61. The summed E-state index contributed by atoms with van der Waals surface area (Å²) in [7, 11) is -4.49. The van der Waals surface area contributed by atoms with E-state index < -0.39 is 38.6 Å². The number of benzene rings is 1. The average molecular weight is 365 g/mol. The van der Waals surface area contributed by atoms with E-state index in [1.165, 1.54) is 17.9 Å². The molecule has 0 bridgehead atoms. The van der Waals surface area contributed by atoms with Crippen LogP contribution in [-0.4, -0.2) is 51.4 Å². The van der Waals surface area contributed by atoms with Crippen LogP contribution in [0.15, 0.2) is 29.2 Å². The molecular weight excluding hydrogens is 347 g/mol. The Balaban J connectivity index is 2.21. The minimum Gasteiger partial charge on any atom is -0.339 e. The number of hydrogen-bond acceptors (Lipinski definition) is 4. The Morgan fingerprint density at radius 1 is 1.25 bits per heavy atom. The Bertz CT molecular complexity index is 701. The van der Waals surface area contributed by atoms with E-state index in [0.29, 0.717) is 32.2 Å². The van der Waals surface area contributed by atoms with Crippen molar-refractivity contribution in [3.63, 3.8) is 0 Å². The summed E-state index contributed by atoms with van der Waals surface area (Å²) in [6.07, 6.45) is -4.81. The second-order valence-electron chi connectivity index (χ2n) is 5.41. The summed E-state index contributed by atoms with van der Waals surface area (Å²) in [4.78, 5) is 12.8. The summed E-state index contributed by atoms with van der Waals surface area (Å²) in [6.45, 7) is 3.33. The van der Waals surface area contributed by atoms with E-state index in [9.17, 15) is 26.4 Å². The summed E-state index contributed by atoms with van der Waals surface area (Å²) in [5.41, 5.74) is -1.26. The Kier molecular flexibility index (Phi) is 5.51. The van der Waals surface area contributed by atoms with Crippen LogP contribution in [0.5, 0.6) is 0 Å². The normalized spacial score (nSPS) is 17.6. The first-order chi connectivity index (χ1) is 11.1. The fourth-order valence-corrected chi connectivity index (χ4v) is 3.87. The van der Waals surface area contributed by atoms with Gasteiger partial charge in [0.1, 0.15) is 0 Å². The minimum atomic E-state index is -4.81. The quantitative estimate of drug-likeness (QED) is 0.828. The van der Waals surface area contributed by atoms with Crippen molar-refractivity contribution in [3.8, 4) is 0 Å². The van der Waals surface area contributed by atoms with Crippen LogP contribution in [0.1, 0.15) is 12.5 Å². The zero-order chi connectivity index (χ0) is 18.0. The standard InChI is InChI=1S/C14H18F3N3O3S/c1-10(13(21)20-8-6-18-7-9-20)19-24(22,23)12-5-3-2-4-11(12)14(15,16)17/h2-5,10,18-19H,6-9H2,1H3. The number of hydrogen-bond donors (Lipinski definition) is 2. The molecule has 0 spiro atoms. The first-order valence-electron chi connectivity index (χ1n) is 7.31. The van der Waals surface area contributed by atoms with Gasteiger partial charge in [0.25, 0.3) is 0 Å². The number of alkyl halides is 3. The van der Waals surface area contributed by atoms with E-state index in [1.807, 2.05) is 4.72 Å². The number of piperazine rings is 1. The van der Waals surface area contributed by atoms with Gasteiger partial charge >= 0.3 is 6.18 Å². The number of nitrogens with one attached hydrogen (secondary N) is 2. The molecular formula is C14H18F3N3O3S. The van der Waals surface area contributed by atoms with Crippen LogP contribution in [0.2, 0.25) is 0 Å². The third kappa shape index (κ3) is 4.25. The van der Waals surface area contributed by atoms with E-state index in [4.69, 9.17) is 0 Å². The molecule has 1 aromatic carbocycles. The Labute approximate surface area is 138 Å². The highest BCUT2D eigenvalue weighted by Gasteiger charge is 2.37. The number of carbonyl (C=O) groups is 1. The van der Waals surface area contributed by atoms with Crippen molar-refractivity contribution < 1.29 is 26.4 Å². The number of amides is 1. The first kappa shape index (κ1) is 18.7. The van der Waals surface area contributed by atoms with Crippen molar-refractivity contribution in [2.24, 2.45) is 0 Å². The van der Waals surface area contributed by atoms with Crippen LogP contribution in [0.4, 0.5) is 13.2 Å². The van der Waals surface area contributed by atoms with Crippen molar-refractivity contribution in [2.75, 3.05) is 26.2 Å². The molecule has 0 aromatic heterocycles. The number of carbonyl (C=O) groups excluding carboxylic acids is 1. The van der Waals surface area contributed by atoms with Crippen molar-refractivity contribution in [1.82, 2.24) is 14.9 Å². The lowest BCUT2D eigenvalue weighted by Crippen LogP contribution is -2.53. The first-order valence-corrected chi connectivity index (χ1v) is 8.79. The molecule has 0 saturated carbocycles. The number of halogens is 3. The van der Waals surface area contributed by atoms with Crippen molar-refractivity contribution in [1.29, 1.82) is 0 Å². The maximum Gasteiger partial charge on any atom is 0.417 e. The predicted molar refractivity (Wildman–Crippen MR) is 80.7 cm³/mol. The average Bonchev–Trinajstić information content (AvgIpc) is 2.53. The van der Waals surface area contributed by atoms with Crippen LogP contribution in [-0.2, 0) is 21.0 Å². The largest absolute Gasteiger partial charge is 0.417 e. The van der Waals surface area contributed by atoms with Gasteiger partial charge in [0.15, 0.2) is 0 Å². The van der Waals surface area contributed by atoms with Gasteiger partial charge in [0.05, 0.1) is 16.5 Å². The second-order valence-corrected chi connectivity index (χ2v) is 7.09. The van der Waals surface area contributed by atoms with Gasteiger partial charge in [0.2, 0.25) is 15.9 Å². The minimum absolute atomic E-state index is 0.421. The Hall–Kier alpha value is -1.65. The molecule has 1 amide bonds. The summed E-state index contributed by atoms with van der Waals surface area (Å²) < 4.78 is 65.6. The summed E-state index contributed by atoms with van der Waals surface area (Å²) in [5.74, 6) is -0.468. The third-order valence-corrected chi connectivity index (χ3v) is 5.21. The van der Waals surface area contributed by atoms with Gasteiger partial charge in [-0.05, 0) is 19.1 Å². The molecule has 1 saturated heterocycles. The maximum absolute atomic E-state index is 13.0. The van der Waals surface area contributed by atoms with Crippen LogP contribution in [0.25, 0.3) is 0 Å². The fourth-order valence-electron chi connectivity index (χ4n) is 2.44. The molecule has 6 nitrogen and oxygen atoms in total. The molecule has 1 fully saturated rings. The Morgan fingerprint density at radius 3 is 2.42 bits per heavy atom. The van der Waals surface area contributed by atoms with Crippen molar-refractivity contribution in [2.45, 2.75) is 24.0 Å². The van der Waals surface area contributed by atoms with E-state index in [1.54, 1.807) is 0 Å². The van der Waals surface area contributed by atoms with Gasteiger partial charge in [0, 0.05) is 26.2 Å². The lowest BCUT2D eigenvalue weighted by molar-refractivity contribution is -0.139. The molecule has 1 heterocycles. The lowest BCUT2D eigenvalue weighted by Gasteiger charge is -2.30. The van der Waals surface area contributed by atoms with Crippen molar-refractivity contribution >= 4 is 15.9 Å². The highest BCUT2D eigenvalue weighted by Crippen LogP contribution is 2.33. The number of sulfonamides is 1. The molecule has 10 heteroatoms. The summed E-state index contributed by atoms with van der Waals surface area (Å²) >= 11 is 0. The van der Waals surface area contributed by atoms with E-state index >= 15 is 0 Å². The maximum atomic E-state index is 13.0. The molecule has 1 atom stereocenters. The smallest absolute Gasteiger partial charge is 0.339 e.